The molecule has 2 heterocycles. The summed E-state index contributed by atoms with van der Waals surface area (Å²) in [7, 11) is 0. The molecule has 0 fully saturated rings. The summed E-state index contributed by atoms with van der Waals surface area (Å²) in [4.78, 5) is 12.2. The third kappa shape index (κ3) is 4.25. The van der Waals surface area contributed by atoms with Gasteiger partial charge in [0.25, 0.3) is 0 Å². The van der Waals surface area contributed by atoms with Gasteiger partial charge in [0.2, 0.25) is 5.91 Å². The third-order valence-corrected chi connectivity index (χ3v) is 4.96. The van der Waals surface area contributed by atoms with E-state index in [1.54, 1.807) is 12.3 Å². The largest absolute Gasteiger partial charge is 0.306 e. The maximum Gasteiger partial charge on any atom is 0.247 e. The first-order chi connectivity index (χ1) is 12.3. The molecule has 0 aliphatic rings. The van der Waals surface area contributed by atoms with E-state index in [4.69, 9.17) is 23.2 Å². The van der Waals surface area contributed by atoms with E-state index < -0.39 is 5.82 Å². The minimum Gasteiger partial charge on any atom is -0.306 e. The van der Waals surface area contributed by atoms with Crippen molar-refractivity contribution in [3.8, 4) is 0 Å². The average molecular weight is 461 g/mol. The van der Waals surface area contributed by atoms with E-state index in [9.17, 15) is 9.18 Å². The number of aryl methyl sites for hydroxylation is 1. The Hall–Kier alpha value is -1.90. The molecule has 0 bridgehead atoms. The van der Waals surface area contributed by atoms with Gasteiger partial charge in [-0.3, -0.25) is 14.2 Å². The summed E-state index contributed by atoms with van der Waals surface area (Å²) >= 11 is 15.5. The molecule has 1 N–H and O–H groups in total. The van der Waals surface area contributed by atoms with Gasteiger partial charge in [0.15, 0.2) is 5.82 Å². The molecule has 0 aliphatic carbocycles. The Morgan fingerprint density at radius 3 is 2.65 bits per heavy atom. The van der Waals surface area contributed by atoms with Crippen molar-refractivity contribution in [2.45, 2.75) is 20.0 Å². The van der Waals surface area contributed by atoms with Gasteiger partial charge in [-0.2, -0.15) is 10.2 Å². The zero-order valence-electron chi connectivity index (χ0n) is 13.5. The second-order valence-electron chi connectivity index (χ2n) is 5.53. The lowest BCUT2D eigenvalue weighted by Crippen LogP contribution is -2.19. The highest BCUT2D eigenvalue weighted by Gasteiger charge is 2.14. The summed E-state index contributed by atoms with van der Waals surface area (Å²) in [6.07, 6.45) is 3.20. The molecule has 26 heavy (non-hydrogen) atoms. The number of nitrogens with zero attached hydrogens (tertiary/aromatic N) is 4. The maximum absolute atomic E-state index is 13.9. The molecular formula is C16H13BrCl2FN5O. The number of halogens is 4. The number of carbonyl (C=O) groups is 1. The number of hydrogen-bond acceptors (Lipinski definition) is 3. The van der Waals surface area contributed by atoms with Gasteiger partial charge in [0.1, 0.15) is 17.4 Å². The van der Waals surface area contributed by atoms with Crippen LogP contribution in [0.5, 0.6) is 0 Å². The standard InChI is InChI=1S/C16H13BrCl2FN5O/c1-9-11(17)6-25(22-9)8-15(26)21-16-13(19)7-24(23-16)5-10-12(18)3-2-4-14(10)20/h2-4,6-7H,5,8H2,1H3,(H,21,23,26). The van der Waals surface area contributed by atoms with Crippen LogP contribution in [0.25, 0.3) is 0 Å². The Balaban J connectivity index is 1.71. The van der Waals surface area contributed by atoms with Crippen molar-refractivity contribution < 1.29 is 9.18 Å². The molecule has 6 nitrogen and oxygen atoms in total. The summed E-state index contributed by atoms with van der Waals surface area (Å²) in [6, 6.07) is 4.44. The van der Waals surface area contributed by atoms with Gasteiger partial charge < -0.3 is 5.32 Å². The predicted molar refractivity (Wildman–Crippen MR) is 101 cm³/mol. The normalized spacial score (nSPS) is 11.0. The molecule has 0 unspecified atom stereocenters. The molecule has 0 saturated carbocycles. The summed E-state index contributed by atoms with van der Waals surface area (Å²) in [5, 5.41) is 11.5. The van der Waals surface area contributed by atoms with Crippen molar-refractivity contribution in [1.29, 1.82) is 0 Å². The lowest BCUT2D eigenvalue weighted by atomic mass is 10.2. The van der Waals surface area contributed by atoms with Gasteiger partial charge in [-0.15, -0.1) is 0 Å². The minimum atomic E-state index is -0.436. The fraction of sp³-hybridized carbons (Fsp3) is 0.188. The Morgan fingerprint density at radius 2 is 2.00 bits per heavy atom. The molecule has 0 radical (unpaired) electrons. The molecule has 136 valence electrons. The van der Waals surface area contributed by atoms with Crippen LogP contribution in [0, 0.1) is 12.7 Å². The van der Waals surface area contributed by atoms with Crippen LogP contribution >= 0.6 is 39.1 Å². The number of nitrogens with one attached hydrogen (secondary N) is 1. The topological polar surface area (TPSA) is 64.7 Å². The van der Waals surface area contributed by atoms with Crippen LogP contribution in [-0.4, -0.2) is 25.5 Å². The van der Waals surface area contributed by atoms with Crippen molar-refractivity contribution in [2.24, 2.45) is 0 Å². The van der Waals surface area contributed by atoms with Gasteiger partial charge in [0.05, 0.1) is 16.7 Å². The summed E-state index contributed by atoms with van der Waals surface area (Å²) in [5.74, 6) is -0.586. The number of rotatable bonds is 5. The van der Waals surface area contributed by atoms with Crippen LogP contribution < -0.4 is 5.32 Å². The molecule has 0 saturated heterocycles. The highest BCUT2D eigenvalue weighted by Crippen LogP contribution is 2.23. The zero-order valence-corrected chi connectivity index (χ0v) is 16.6. The Kier molecular flexibility index (Phi) is 5.64. The SMILES string of the molecule is Cc1nn(CC(=O)Nc2nn(Cc3c(F)cccc3Cl)cc2Cl)cc1Br. The molecule has 0 spiro atoms. The summed E-state index contributed by atoms with van der Waals surface area (Å²) in [5.41, 5.74) is 1.07. The second-order valence-corrected chi connectivity index (χ2v) is 7.20. The molecular weight excluding hydrogens is 448 g/mol. The first kappa shape index (κ1) is 18.9. The minimum absolute atomic E-state index is 0.00870. The monoisotopic (exact) mass is 459 g/mol. The molecule has 0 atom stereocenters. The van der Waals surface area contributed by atoms with E-state index in [0.717, 1.165) is 10.2 Å². The van der Waals surface area contributed by atoms with Gasteiger partial charge in [0, 0.05) is 23.0 Å². The van der Waals surface area contributed by atoms with Crippen LogP contribution in [0.4, 0.5) is 10.2 Å². The smallest absolute Gasteiger partial charge is 0.247 e. The third-order valence-electron chi connectivity index (χ3n) is 3.55. The Morgan fingerprint density at radius 1 is 1.23 bits per heavy atom. The lowest BCUT2D eigenvalue weighted by molar-refractivity contribution is -0.116. The molecule has 3 rings (SSSR count). The molecule has 2 aromatic heterocycles. The molecule has 0 aliphatic heterocycles. The fourth-order valence-corrected chi connectivity index (χ4v) is 3.04. The van der Waals surface area contributed by atoms with Crippen molar-refractivity contribution >= 4 is 50.9 Å². The highest BCUT2D eigenvalue weighted by atomic mass is 79.9. The maximum atomic E-state index is 13.9. The average Bonchev–Trinajstić information content (AvgIpc) is 3.05. The fourth-order valence-electron chi connectivity index (χ4n) is 2.30. The quantitative estimate of drug-likeness (QED) is 0.617. The summed E-state index contributed by atoms with van der Waals surface area (Å²) < 4.78 is 17.6. The van der Waals surface area contributed by atoms with Crippen molar-refractivity contribution in [1.82, 2.24) is 19.6 Å². The van der Waals surface area contributed by atoms with Crippen molar-refractivity contribution in [3.05, 3.63) is 62.2 Å². The van der Waals surface area contributed by atoms with E-state index in [-0.39, 0.29) is 29.8 Å². The van der Waals surface area contributed by atoms with E-state index >= 15 is 0 Å². The Labute approximate surface area is 167 Å². The lowest BCUT2D eigenvalue weighted by Gasteiger charge is -2.06. The number of benzene rings is 1. The van der Waals surface area contributed by atoms with Gasteiger partial charge in [-0.1, -0.05) is 29.3 Å². The molecule has 10 heteroatoms. The number of hydrogen-bond donors (Lipinski definition) is 1. The summed E-state index contributed by atoms with van der Waals surface area (Å²) in [6.45, 7) is 1.92. The van der Waals surface area contributed by atoms with Gasteiger partial charge in [-0.25, -0.2) is 4.39 Å². The van der Waals surface area contributed by atoms with Crippen LogP contribution in [-0.2, 0) is 17.9 Å². The van der Waals surface area contributed by atoms with Crippen LogP contribution in [0.1, 0.15) is 11.3 Å². The van der Waals surface area contributed by atoms with Crippen LogP contribution in [0.3, 0.4) is 0 Å². The Bertz CT molecular complexity index is 932. The molecule has 3 aromatic rings. The second kappa shape index (κ2) is 7.77. The van der Waals surface area contributed by atoms with Crippen LogP contribution in [0.2, 0.25) is 10.0 Å². The number of anilines is 1. The number of aromatic nitrogens is 4. The first-order valence-electron chi connectivity index (χ1n) is 7.48. The van der Waals surface area contributed by atoms with E-state index in [0.29, 0.717) is 10.6 Å². The number of amides is 1. The van der Waals surface area contributed by atoms with Crippen molar-refractivity contribution in [3.63, 3.8) is 0 Å². The first-order valence-corrected chi connectivity index (χ1v) is 9.03. The highest BCUT2D eigenvalue weighted by molar-refractivity contribution is 9.10. The van der Waals surface area contributed by atoms with E-state index in [1.807, 2.05) is 6.92 Å². The van der Waals surface area contributed by atoms with Gasteiger partial charge in [-0.05, 0) is 35.0 Å². The molecule has 1 aromatic carbocycles. The number of carbonyl (C=O) groups excluding carboxylic acids is 1. The van der Waals surface area contributed by atoms with E-state index in [2.05, 4.69) is 31.4 Å². The zero-order chi connectivity index (χ0) is 18.8. The predicted octanol–water partition coefficient (Wildman–Crippen LogP) is 4.28. The van der Waals surface area contributed by atoms with E-state index in [1.165, 1.54) is 27.7 Å². The van der Waals surface area contributed by atoms with Crippen LogP contribution in [0.15, 0.2) is 35.1 Å². The van der Waals surface area contributed by atoms with Crippen molar-refractivity contribution in [2.75, 3.05) is 5.32 Å². The molecule has 1 amide bonds. The van der Waals surface area contributed by atoms with Gasteiger partial charge >= 0.3 is 0 Å².